The number of hydrogen-bond acceptors (Lipinski definition) is 5. The van der Waals surface area contributed by atoms with Crippen LogP contribution in [0, 0.1) is 15.5 Å². The topological polar surface area (TPSA) is 98.7 Å². The number of nitro groups is 1. The van der Waals surface area contributed by atoms with Gasteiger partial charge >= 0.3 is 5.69 Å². The van der Waals surface area contributed by atoms with E-state index in [-0.39, 0.29) is 41.8 Å². The van der Waals surface area contributed by atoms with E-state index in [1.807, 2.05) is 13.8 Å². The first-order chi connectivity index (χ1) is 9.76. The molecule has 2 N–H and O–H groups in total. The van der Waals surface area contributed by atoms with Gasteiger partial charge in [-0.3, -0.25) is 14.9 Å². The molecule has 8 heteroatoms. The Balaban J connectivity index is 0.00000441. The van der Waals surface area contributed by atoms with Crippen molar-refractivity contribution >= 4 is 24.0 Å². The first-order valence-electron chi connectivity index (χ1n) is 6.57. The van der Waals surface area contributed by atoms with E-state index in [1.165, 1.54) is 17.0 Å². The van der Waals surface area contributed by atoms with E-state index >= 15 is 0 Å². The second-order valence-corrected chi connectivity index (χ2v) is 5.63. The zero-order valence-electron chi connectivity index (χ0n) is 12.9. The second-order valence-electron chi connectivity index (χ2n) is 5.63. The first-order valence-corrected chi connectivity index (χ1v) is 6.57. The van der Waals surface area contributed by atoms with Gasteiger partial charge in [0.05, 0.1) is 4.92 Å². The van der Waals surface area contributed by atoms with Crippen LogP contribution in [0.3, 0.4) is 0 Å². The molecule has 0 heterocycles. The number of ether oxygens (including phenoxy) is 1. The monoisotopic (exact) mass is 331 g/mol. The molecule has 0 aliphatic rings. The van der Waals surface area contributed by atoms with Gasteiger partial charge in [-0.15, -0.1) is 12.4 Å². The molecule has 0 aromatic heterocycles. The van der Waals surface area contributed by atoms with Crippen LogP contribution in [-0.4, -0.2) is 42.5 Å². The molecule has 124 valence electrons. The minimum Gasteiger partial charge on any atom is -0.477 e. The summed E-state index contributed by atoms with van der Waals surface area (Å²) in [5, 5.41) is 10.8. The van der Waals surface area contributed by atoms with Gasteiger partial charge in [-0.25, -0.2) is 0 Å². The standard InChI is InChI=1S/C14H21N3O4.ClH/c1-14(2,9-15)10-16(3)13(18)8-21-12-7-5-4-6-11(12)17(19)20;/h4-7H,8-10,15H2,1-3H3;1H. The third-order valence-corrected chi connectivity index (χ3v) is 3.06. The van der Waals surface area contributed by atoms with E-state index in [4.69, 9.17) is 10.5 Å². The molecule has 0 radical (unpaired) electrons. The van der Waals surface area contributed by atoms with Gasteiger partial charge in [-0.2, -0.15) is 0 Å². The van der Waals surface area contributed by atoms with Crippen molar-refractivity contribution in [1.29, 1.82) is 0 Å². The number of para-hydroxylation sites is 2. The lowest BCUT2D eigenvalue weighted by Gasteiger charge is -2.28. The van der Waals surface area contributed by atoms with E-state index in [9.17, 15) is 14.9 Å². The Hall–Kier alpha value is -1.86. The highest BCUT2D eigenvalue weighted by Gasteiger charge is 2.22. The number of nitrogens with two attached hydrogens (primary N) is 1. The predicted molar refractivity (Wildman–Crippen MR) is 86.3 cm³/mol. The summed E-state index contributed by atoms with van der Waals surface area (Å²) in [6.07, 6.45) is 0. The van der Waals surface area contributed by atoms with Crippen LogP contribution in [-0.2, 0) is 4.79 Å². The maximum Gasteiger partial charge on any atom is 0.310 e. The van der Waals surface area contributed by atoms with Crippen LogP contribution in [0.4, 0.5) is 5.69 Å². The van der Waals surface area contributed by atoms with Gasteiger partial charge in [-0.05, 0) is 18.0 Å². The van der Waals surface area contributed by atoms with Gasteiger partial charge in [0.2, 0.25) is 0 Å². The van der Waals surface area contributed by atoms with E-state index in [1.54, 1.807) is 19.2 Å². The zero-order chi connectivity index (χ0) is 16.0. The fourth-order valence-corrected chi connectivity index (χ4v) is 1.77. The fraction of sp³-hybridized carbons (Fsp3) is 0.500. The normalized spacial score (nSPS) is 10.5. The van der Waals surface area contributed by atoms with Crippen LogP contribution in [0.5, 0.6) is 5.75 Å². The Morgan fingerprint density at radius 2 is 2.00 bits per heavy atom. The highest BCUT2D eigenvalue weighted by Crippen LogP contribution is 2.25. The van der Waals surface area contributed by atoms with Crippen LogP contribution in [0.25, 0.3) is 0 Å². The Labute approximate surface area is 136 Å². The van der Waals surface area contributed by atoms with Gasteiger partial charge in [0.25, 0.3) is 5.91 Å². The Kier molecular flexibility index (Phi) is 7.83. The zero-order valence-corrected chi connectivity index (χ0v) is 13.8. The maximum absolute atomic E-state index is 12.0. The Bertz CT molecular complexity index is 523. The molecule has 0 saturated heterocycles. The molecule has 1 aromatic carbocycles. The van der Waals surface area contributed by atoms with Crippen molar-refractivity contribution in [3.63, 3.8) is 0 Å². The Morgan fingerprint density at radius 1 is 1.41 bits per heavy atom. The molecule has 0 aliphatic heterocycles. The lowest BCUT2D eigenvalue weighted by atomic mass is 9.93. The smallest absolute Gasteiger partial charge is 0.310 e. The van der Waals surface area contributed by atoms with E-state index in [0.29, 0.717) is 13.1 Å². The van der Waals surface area contributed by atoms with E-state index in [2.05, 4.69) is 0 Å². The fourth-order valence-electron chi connectivity index (χ4n) is 1.77. The molecule has 0 atom stereocenters. The van der Waals surface area contributed by atoms with Crippen LogP contribution in [0.1, 0.15) is 13.8 Å². The third-order valence-electron chi connectivity index (χ3n) is 3.06. The first kappa shape index (κ1) is 20.1. The predicted octanol–water partition coefficient (Wildman–Crippen LogP) is 1.84. The highest BCUT2D eigenvalue weighted by atomic mass is 35.5. The summed E-state index contributed by atoms with van der Waals surface area (Å²) in [7, 11) is 1.66. The van der Waals surface area contributed by atoms with Crippen LogP contribution >= 0.6 is 12.4 Å². The molecule has 0 saturated carbocycles. The number of carbonyl (C=O) groups is 1. The average Bonchev–Trinajstić information content (AvgIpc) is 2.44. The van der Waals surface area contributed by atoms with Gasteiger partial charge in [0.1, 0.15) is 0 Å². The van der Waals surface area contributed by atoms with Gasteiger partial charge in [-0.1, -0.05) is 26.0 Å². The van der Waals surface area contributed by atoms with Crippen molar-refractivity contribution in [2.24, 2.45) is 11.1 Å². The van der Waals surface area contributed by atoms with Crippen molar-refractivity contribution < 1.29 is 14.5 Å². The molecule has 0 bridgehead atoms. The van der Waals surface area contributed by atoms with E-state index < -0.39 is 4.92 Å². The quantitative estimate of drug-likeness (QED) is 0.607. The number of amides is 1. The molecular formula is C14H22ClN3O4. The van der Waals surface area contributed by atoms with Crippen molar-refractivity contribution in [2.75, 3.05) is 26.7 Å². The number of hydrogen-bond donors (Lipinski definition) is 1. The molecule has 22 heavy (non-hydrogen) atoms. The number of likely N-dealkylation sites (N-methyl/N-ethyl adjacent to an activating group) is 1. The number of rotatable bonds is 7. The molecule has 1 aromatic rings. The number of benzene rings is 1. The second kappa shape index (κ2) is 8.55. The minimum absolute atomic E-state index is 0. The summed E-state index contributed by atoms with van der Waals surface area (Å²) >= 11 is 0. The highest BCUT2D eigenvalue weighted by molar-refractivity contribution is 5.85. The van der Waals surface area contributed by atoms with Crippen LogP contribution in [0.2, 0.25) is 0 Å². The summed E-state index contributed by atoms with van der Waals surface area (Å²) in [6, 6.07) is 5.97. The average molecular weight is 332 g/mol. The van der Waals surface area contributed by atoms with Gasteiger partial charge in [0.15, 0.2) is 12.4 Å². The lowest BCUT2D eigenvalue weighted by Crippen LogP contribution is -2.41. The summed E-state index contributed by atoms with van der Waals surface area (Å²) in [4.78, 5) is 23.8. The largest absolute Gasteiger partial charge is 0.477 e. The lowest BCUT2D eigenvalue weighted by molar-refractivity contribution is -0.385. The number of carbonyl (C=O) groups excluding carboxylic acids is 1. The molecule has 0 aliphatic carbocycles. The SMILES string of the molecule is CN(CC(C)(C)CN)C(=O)COc1ccccc1[N+](=O)[O-].Cl. The van der Waals surface area contributed by atoms with Crippen molar-refractivity contribution in [2.45, 2.75) is 13.8 Å². The van der Waals surface area contributed by atoms with Crippen LogP contribution < -0.4 is 10.5 Å². The van der Waals surface area contributed by atoms with Crippen molar-refractivity contribution in [3.05, 3.63) is 34.4 Å². The summed E-state index contributed by atoms with van der Waals surface area (Å²) in [5.41, 5.74) is 5.28. The molecule has 7 nitrogen and oxygen atoms in total. The van der Waals surface area contributed by atoms with E-state index in [0.717, 1.165) is 0 Å². The van der Waals surface area contributed by atoms with Gasteiger partial charge < -0.3 is 15.4 Å². The van der Waals surface area contributed by atoms with Crippen LogP contribution in [0.15, 0.2) is 24.3 Å². The molecule has 1 amide bonds. The molecule has 0 unspecified atom stereocenters. The molecule has 0 fully saturated rings. The van der Waals surface area contributed by atoms with Crippen molar-refractivity contribution in [1.82, 2.24) is 4.90 Å². The number of halogens is 1. The van der Waals surface area contributed by atoms with Crippen molar-refractivity contribution in [3.8, 4) is 5.75 Å². The molecule has 0 spiro atoms. The number of nitro benzene ring substituents is 1. The number of nitrogens with zero attached hydrogens (tertiary/aromatic N) is 2. The maximum atomic E-state index is 12.0. The minimum atomic E-state index is -0.541. The third kappa shape index (κ3) is 5.87. The molecule has 1 rings (SSSR count). The summed E-state index contributed by atoms with van der Waals surface area (Å²) in [5.74, 6) is -0.169. The Morgan fingerprint density at radius 3 is 2.55 bits per heavy atom. The summed E-state index contributed by atoms with van der Waals surface area (Å²) in [6.45, 7) is 4.61. The molecular weight excluding hydrogens is 310 g/mol. The summed E-state index contributed by atoms with van der Waals surface area (Å²) < 4.78 is 5.27. The van der Waals surface area contributed by atoms with Gasteiger partial charge in [0, 0.05) is 19.7 Å².